The lowest BCUT2D eigenvalue weighted by atomic mass is 9.99. The van der Waals surface area contributed by atoms with Crippen LogP contribution in [0.15, 0.2) is 54.6 Å². The van der Waals surface area contributed by atoms with E-state index in [9.17, 15) is 5.11 Å². The molecule has 3 atom stereocenters. The lowest BCUT2D eigenvalue weighted by Crippen LogP contribution is -2.56. The van der Waals surface area contributed by atoms with Gasteiger partial charge < -0.3 is 9.84 Å². The van der Waals surface area contributed by atoms with Crippen LogP contribution >= 0.6 is 0 Å². The van der Waals surface area contributed by atoms with Crippen LogP contribution in [-0.2, 0) is 13.0 Å². The van der Waals surface area contributed by atoms with E-state index in [2.05, 4.69) is 52.3 Å². The summed E-state index contributed by atoms with van der Waals surface area (Å²) in [5.74, 6) is 0.958. The molecule has 0 unspecified atom stereocenters. The smallest absolute Gasteiger partial charge is 0.123 e. The lowest BCUT2D eigenvalue weighted by Gasteiger charge is -2.44. The fourth-order valence-electron chi connectivity index (χ4n) is 4.50. The van der Waals surface area contributed by atoms with E-state index in [-0.39, 0.29) is 6.10 Å². The third-order valence-electron chi connectivity index (χ3n) is 5.79. The van der Waals surface area contributed by atoms with Gasteiger partial charge in [0.15, 0.2) is 0 Å². The van der Waals surface area contributed by atoms with Crippen LogP contribution in [0.25, 0.3) is 0 Å². The van der Waals surface area contributed by atoms with Gasteiger partial charge in [0.2, 0.25) is 0 Å². The summed E-state index contributed by atoms with van der Waals surface area (Å²) < 4.78 is 5.57. The largest absolute Gasteiger partial charge is 0.496 e. The normalized spacial score (nSPS) is 26.6. The zero-order valence-electron chi connectivity index (χ0n) is 15.4. The Kier molecular flexibility index (Phi) is 5.25. The summed E-state index contributed by atoms with van der Waals surface area (Å²) >= 11 is 0. The van der Waals surface area contributed by atoms with E-state index in [1.165, 1.54) is 11.1 Å². The van der Waals surface area contributed by atoms with Gasteiger partial charge in [-0.3, -0.25) is 9.80 Å². The zero-order chi connectivity index (χ0) is 17.9. The van der Waals surface area contributed by atoms with Crippen LogP contribution in [-0.4, -0.2) is 59.8 Å². The number of benzene rings is 2. The summed E-state index contributed by atoms with van der Waals surface area (Å²) in [6.07, 6.45) is 1.75. The number of rotatable bonds is 5. The number of nitrogens with zero attached hydrogens (tertiary/aromatic N) is 2. The van der Waals surface area contributed by atoms with Crippen molar-refractivity contribution in [3.8, 4) is 5.75 Å². The van der Waals surface area contributed by atoms with Crippen LogP contribution < -0.4 is 4.74 Å². The van der Waals surface area contributed by atoms with Gasteiger partial charge in [-0.15, -0.1) is 0 Å². The van der Waals surface area contributed by atoms with Crippen molar-refractivity contribution >= 4 is 0 Å². The molecule has 0 aliphatic carbocycles. The quantitative estimate of drug-likeness (QED) is 0.897. The van der Waals surface area contributed by atoms with Crippen LogP contribution in [0.2, 0.25) is 0 Å². The topological polar surface area (TPSA) is 35.9 Å². The minimum atomic E-state index is -0.177. The summed E-state index contributed by atoms with van der Waals surface area (Å²) in [6.45, 7) is 3.73. The van der Waals surface area contributed by atoms with Crippen LogP contribution in [0.4, 0.5) is 0 Å². The van der Waals surface area contributed by atoms with E-state index in [0.717, 1.165) is 44.8 Å². The van der Waals surface area contributed by atoms with Crippen molar-refractivity contribution in [3.63, 3.8) is 0 Å². The van der Waals surface area contributed by atoms with E-state index >= 15 is 0 Å². The fraction of sp³-hybridized carbons (Fsp3) is 0.455. The predicted octanol–water partition coefficient (Wildman–Crippen LogP) is 2.56. The van der Waals surface area contributed by atoms with Gasteiger partial charge in [-0.05, 0) is 24.5 Å². The van der Waals surface area contributed by atoms with Crippen LogP contribution in [0.3, 0.4) is 0 Å². The predicted molar refractivity (Wildman–Crippen MR) is 103 cm³/mol. The van der Waals surface area contributed by atoms with E-state index < -0.39 is 0 Å². The first kappa shape index (κ1) is 17.5. The third-order valence-corrected chi connectivity index (χ3v) is 5.79. The minimum absolute atomic E-state index is 0.177. The summed E-state index contributed by atoms with van der Waals surface area (Å²) in [5.41, 5.74) is 2.61. The van der Waals surface area contributed by atoms with Crippen molar-refractivity contribution in [1.82, 2.24) is 9.80 Å². The average molecular weight is 352 g/mol. The zero-order valence-corrected chi connectivity index (χ0v) is 15.4. The van der Waals surface area contributed by atoms with E-state index in [1.54, 1.807) is 7.11 Å². The van der Waals surface area contributed by atoms with Crippen molar-refractivity contribution in [1.29, 1.82) is 0 Å². The van der Waals surface area contributed by atoms with Crippen molar-refractivity contribution in [3.05, 3.63) is 65.7 Å². The summed E-state index contributed by atoms with van der Waals surface area (Å²) in [4.78, 5) is 5.07. The van der Waals surface area contributed by atoms with Crippen molar-refractivity contribution in [2.75, 3.05) is 26.7 Å². The van der Waals surface area contributed by atoms with Crippen molar-refractivity contribution in [2.24, 2.45) is 0 Å². The Labute approximate surface area is 156 Å². The minimum Gasteiger partial charge on any atom is -0.496 e. The first-order chi connectivity index (χ1) is 12.7. The Hall–Kier alpha value is -1.88. The average Bonchev–Trinajstić information content (AvgIpc) is 3.02. The van der Waals surface area contributed by atoms with Gasteiger partial charge in [0, 0.05) is 43.8 Å². The van der Waals surface area contributed by atoms with Crippen molar-refractivity contribution in [2.45, 2.75) is 37.6 Å². The van der Waals surface area contributed by atoms with E-state index in [4.69, 9.17) is 4.74 Å². The Morgan fingerprint density at radius 3 is 2.58 bits per heavy atom. The van der Waals surface area contributed by atoms with Crippen molar-refractivity contribution < 1.29 is 9.84 Å². The molecule has 0 radical (unpaired) electrons. The second kappa shape index (κ2) is 7.78. The molecule has 2 aliphatic heterocycles. The molecule has 2 aromatic rings. The molecule has 2 heterocycles. The number of ether oxygens (including phenoxy) is 1. The van der Waals surface area contributed by atoms with Crippen LogP contribution in [0.1, 0.15) is 17.5 Å². The number of hydrogen-bond acceptors (Lipinski definition) is 4. The molecule has 0 spiro atoms. The number of fused-ring (bicyclic) bond motifs is 1. The maximum absolute atomic E-state index is 10.1. The molecule has 2 fully saturated rings. The number of hydrogen-bond donors (Lipinski definition) is 1. The number of para-hydroxylation sites is 1. The second-order valence-corrected chi connectivity index (χ2v) is 7.58. The molecule has 1 N–H and O–H groups in total. The maximum atomic E-state index is 10.1. The molecule has 0 aromatic heterocycles. The fourth-order valence-corrected chi connectivity index (χ4v) is 4.50. The molecule has 0 saturated carbocycles. The highest BCUT2D eigenvalue weighted by Crippen LogP contribution is 2.29. The SMILES string of the molecule is COc1ccccc1CN1C[C@@H]2C[C@@H](O)CN2C[C@@H]1Cc1ccccc1. The highest BCUT2D eigenvalue weighted by molar-refractivity contribution is 5.33. The molecule has 0 amide bonds. The third kappa shape index (κ3) is 3.78. The highest BCUT2D eigenvalue weighted by atomic mass is 16.5. The molecule has 0 bridgehead atoms. The molecule has 4 nitrogen and oxygen atoms in total. The Bertz CT molecular complexity index is 721. The van der Waals surface area contributed by atoms with Gasteiger partial charge in [-0.1, -0.05) is 48.5 Å². The maximum Gasteiger partial charge on any atom is 0.123 e. The second-order valence-electron chi connectivity index (χ2n) is 7.58. The van der Waals surface area contributed by atoms with Gasteiger partial charge >= 0.3 is 0 Å². The molecule has 4 heteroatoms. The van der Waals surface area contributed by atoms with Gasteiger partial charge in [0.25, 0.3) is 0 Å². The van der Waals surface area contributed by atoms with Gasteiger partial charge in [0.05, 0.1) is 13.2 Å². The monoisotopic (exact) mass is 352 g/mol. The number of aliphatic hydroxyl groups is 1. The molecule has 138 valence electrons. The Morgan fingerprint density at radius 1 is 1.00 bits per heavy atom. The summed E-state index contributed by atoms with van der Waals surface area (Å²) in [5, 5.41) is 10.1. The Balaban J connectivity index is 1.55. The molecule has 26 heavy (non-hydrogen) atoms. The number of methoxy groups -OCH3 is 1. The molecular weight excluding hydrogens is 324 g/mol. The summed E-state index contributed by atoms with van der Waals surface area (Å²) in [6, 6.07) is 20.0. The molecular formula is C22H28N2O2. The summed E-state index contributed by atoms with van der Waals surface area (Å²) in [7, 11) is 1.74. The van der Waals surface area contributed by atoms with E-state index in [0.29, 0.717) is 12.1 Å². The van der Waals surface area contributed by atoms with Gasteiger partial charge in [-0.2, -0.15) is 0 Å². The molecule has 4 rings (SSSR count). The standard InChI is InChI=1S/C22H28N2O2/c1-26-22-10-6-5-9-18(22)13-23-15-20-12-21(25)16-24(20)14-19(23)11-17-7-3-2-4-8-17/h2-10,19-21,25H,11-16H2,1H3/t19-,20-,21+/m0/s1. The first-order valence-electron chi connectivity index (χ1n) is 9.55. The lowest BCUT2D eigenvalue weighted by molar-refractivity contribution is 0.0440. The van der Waals surface area contributed by atoms with E-state index in [1.807, 2.05) is 12.1 Å². The van der Waals surface area contributed by atoms with Crippen LogP contribution in [0.5, 0.6) is 5.75 Å². The van der Waals surface area contributed by atoms with Gasteiger partial charge in [-0.25, -0.2) is 0 Å². The first-order valence-corrected chi connectivity index (χ1v) is 9.55. The highest BCUT2D eigenvalue weighted by Gasteiger charge is 2.39. The number of aliphatic hydroxyl groups excluding tert-OH is 1. The molecule has 2 saturated heterocycles. The molecule has 2 aromatic carbocycles. The van der Waals surface area contributed by atoms with Gasteiger partial charge in [0.1, 0.15) is 5.75 Å². The Morgan fingerprint density at radius 2 is 1.77 bits per heavy atom. The van der Waals surface area contributed by atoms with Crippen LogP contribution in [0, 0.1) is 0 Å². The number of piperazine rings is 1. The molecule has 2 aliphatic rings.